The largest absolute Gasteiger partial charge is 0.334 e. The fourth-order valence-electron chi connectivity index (χ4n) is 2.99. The van der Waals surface area contributed by atoms with E-state index in [1.165, 1.54) is 50.2 Å². The summed E-state index contributed by atoms with van der Waals surface area (Å²) in [5, 5.41) is 3.58. The normalized spacial score (nSPS) is 30.1. The van der Waals surface area contributed by atoms with Crippen LogP contribution in [0.5, 0.6) is 0 Å². The van der Waals surface area contributed by atoms with E-state index < -0.39 is 0 Å². The minimum absolute atomic E-state index is 0.513. The van der Waals surface area contributed by atoms with Crippen molar-refractivity contribution >= 4 is 0 Å². The van der Waals surface area contributed by atoms with Crippen molar-refractivity contribution in [3.63, 3.8) is 0 Å². The van der Waals surface area contributed by atoms with Crippen LogP contribution in [-0.2, 0) is 6.54 Å². The molecular formula is C13H21N3. The Bertz CT molecular complexity index is 363. The lowest BCUT2D eigenvalue weighted by atomic mass is 10.0. The molecule has 0 unspecified atom stereocenters. The second kappa shape index (κ2) is 4.21. The molecule has 1 saturated heterocycles. The highest BCUT2D eigenvalue weighted by atomic mass is 15.1. The van der Waals surface area contributed by atoms with Gasteiger partial charge in [-0.2, -0.15) is 0 Å². The predicted octanol–water partition coefficient (Wildman–Crippen LogP) is 2.60. The van der Waals surface area contributed by atoms with E-state index in [9.17, 15) is 0 Å². The number of aromatic nitrogens is 2. The number of piperidine rings is 1. The van der Waals surface area contributed by atoms with Gasteiger partial charge in [0, 0.05) is 18.7 Å². The van der Waals surface area contributed by atoms with Gasteiger partial charge in [0.1, 0.15) is 5.82 Å². The van der Waals surface area contributed by atoms with Crippen LogP contribution < -0.4 is 5.32 Å². The van der Waals surface area contributed by atoms with E-state index in [0.29, 0.717) is 12.0 Å². The van der Waals surface area contributed by atoms with E-state index in [2.05, 4.69) is 23.0 Å². The summed E-state index contributed by atoms with van der Waals surface area (Å²) >= 11 is 0. The maximum Gasteiger partial charge on any atom is 0.111 e. The quantitative estimate of drug-likeness (QED) is 0.787. The molecule has 3 rings (SSSR count). The molecule has 1 aromatic heterocycles. The molecule has 2 atom stereocenters. The van der Waals surface area contributed by atoms with Crippen LogP contribution in [0.2, 0.25) is 0 Å². The van der Waals surface area contributed by atoms with E-state index >= 15 is 0 Å². The molecule has 3 nitrogen and oxygen atoms in total. The van der Waals surface area contributed by atoms with E-state index in [4.69, 9.17) is 4.98 Å². The molecule has 2 aliphatic rings. The number of rotatable bonds is 1. The van der Waals surface area contributed by atoms with Gasteiger partial charge in [0.25, 0.3) is 0 Å². The maximum atomic E-state index is 4.86. The van der Waals surface area contributed by atoms with Gasteiger partial charge in [0.05, 0.1) is 11.7 Å². The third kappa shape index (κ3) is 1.77. The molecule has 1 N–H and O–H groups in total. The highest BCUT2D eigenvalue weighted by Crippen LogP contribution is 2.29. The van der Waals surface area contributed by atoms with Gasteiger partial charge in [-0.15, -0.1) is 0 Å². The molecule has 0 aromatic carbocycles. The molecule has 0 spiro atoms. The van der Waals surface area contributed by atoms with Crippen molar-refractivity contribution in [2.24, 2.45) is 0 Å². The standard InChI is InChI=1S/C13H21N3/c1-10-5-4-8-16-9-12(15-13(10)16)11-6-2-3-7-14-11/h9-11,14H,2-8H2,1H3/t10-,11+/m0/s1. The van der Waals surface area contributed by atoms with Gasteiger partial charge in [-0.25, -0.2) is 4.98 Å². The number of nitrogens with zero attached hydrogens (tertiary/aromatic N) is 2. The molecule has 0 radical (unpaired) electrons. The van der Waals surface area contributed by atoms with Crippen LogP contribution in [0.3, 0.4) is 0 Å². The minimum Gasteiger partial charge on any atom is -0.334 e. The highest BCUT2D eigenvalue weighted by Gasteiger charge is 2.23. The van der Waals surface area contributed by atoms with Crippen LogP contribution in [0.25, 0.3) is 0 Å². The summed E-state index contributed by atoms with van der Waals surface area (Å²) in [4.78, 5) is 4.86. The summed E-state index contributed by atoms with van der Waals surface area (Å²) in [6.45, 7) is 4.62. The van der Waals surface area contributed by atoms with Gasteiger partial charge in [0.2, 0.25) is 0 Å². The summed E-state index contributed by atoms with van der Waals surface area (Å²) in [5.41, 5.74) is 1.28. The van der Waals surface area contributed by atoms with Gasteiger partial charge in [-0.3, -0.25) is 0 Å². The van der Waals surface area contributed by atoms with Gasteiger partial charge in [0.15, 0.2) is 0 Å². The molecule has 0 aliphatic carbocycles. The molecule has 0 amide bonds. The van der Waals surface area contributed by atoms with Gasteiger partial charge < -0.3 is 9.88 Å². The number of nitrogens with one attached hydrogen (secondary N) is 1. The van der Waals surface area contributed by atoms with Crippen molar-refractivity contribution in [1.29, 1.82) is 0 Å². The van der Waals surface area contributed by atoms with Crippen LogP contribution in [-0.4, -0.2) is 16.1 Å². The van der Waals surface area contributed by atoms with Crippen LogP contribution >= 0.6 is 0 Å². The number of imidazole rings is 1. The number of hydrogen-bond acceptors (Lipinski definition) is 2. The first-order valence-corrected chi connectivity index (χ1v) is 6.65. The number of hydrogen-bond donors (Lipinski definition) is 1. The number of aryl methyl sites for hydroxylation is 1. The first-order valence-electron chi connectivity index (χ1n) is 6.65. The molecule has 1 fully saturated rings. The Labute approximate surface area is 97.3 Å². The maximum absolute atomic E-state index is 4.86. The monoisotopic (exact) mass is 219 g/mol. The van der Waals surface area contributed by atoms with Crippen LogP contribution in [0.4, 0.5) is 0 Å². The summed E-state index contributed by atoms with van der Waals surface area (Å²) in [6.07, 6.45) is 8.81. The van der Waals surface area contributed by atoms with Crippen molar-refractivity contribution < 1.29 is 0 Å². The third-order valence-corrected chi connectivity index (χ3v) is 3.97. The Balaban J connectivity index is 1.85. The zero-order chi connectivity index (χ0) is 11.0. The van der Waals surface area contributed by atoms with Gasteiger partial charge in [-0.1, -0.05) is 13.3 Å². The Morgan fingerprint density at radius 2 is 2.25 bits per heavy atom. The lowest BCUT2D eigenvalue weighted by Gasteiger charge is -2.21. The Morgan fingerprint density at radius 3 is 3.00 bits per heavy atom. The van der Waals surface area contributed by atoms with E-state index in [1.807, 2.05) is 0 Å². The highest BCUT2D eigenvalue weighted by molar-refractivity contribution is 5.13. The summed E-state index contributed by atoms with van der Waals surface area (Å²) in [6, 6.07) is 0.513. The Kier molecular flexibility index (Phi) is 2.72. The van der Waals surface area contributed by atoms with E-state index in [1.54, 1.807) is 0 Å². The summed E-state index contributed by atoms with van der Waals surface area (Å²) < 4.78 is 2.37. The molecule has 0 saturated carbocycles. The molecule has 3 heterocycles. The van der Waals surface area contributed by atoms with Gasteiger partial charge in [-0.05, 0) is 32.2 Å². The summed E-state index contributed by atoms with van der Waals surface area (Å²) in [7, 11) is 0. The van der Waals surface area contributed by atoms with Crippen molar-refractivity contribution in [1.82, 2.24) is 14.9 Å². The topological polar surface area (TPSA) is 29.9 Å². The zero-order valence-corrected chi connectivity index (χ0v) is 10.1. The SMILES string of the molecule is C[C@H]1CCCn2cc([C@H]3CCCCN3)nc21. The first kappa shape index (κ1) is 10.3. The predicted molar refractivity (Wildman–Crippen MR) is 64.5 cm³/mol. The fourth-order valence-corrected chi connectivity index (χ4v) is 2.99. The minimum atomic E-state index is 0.513. The Hall–Kier alpha value is -0.830. The molecule has 88 valence electrons. The van der Waals surface area contributed by atoms with Crippen LogP contribution in [0.15, 0.2) is 6.20 Å². The number of fused-ring (bicyclic) bond motifs is 1. The lowest BCUT2D eigenvalue weighted by molar-refractivity contribution is 0.405. The zero-order valence-electron chi connectivity index (χ0n) is 10.1. The lowest BCUT2D eigenvalue weighted by Crippen LogP contribution is -2.27. The average molecular weight is 219 g/mol. The van der Waals surface area contributed by atoms with Crippen LogP contribution in [0, 0.1) is 0 Å². The third-order valence-electron chi connectivity index (χ3n) is 3.97. The molecule has 0 bridgehead atoms. The average Bonchev–Trinajstić information content (AvgIpc) is 2.76. The fraction of sp³-hybridized carbons (Fsp3) is 0.769. The van der Waals surface area contributed by atoms with Crippen molar-refractivity contribution in [3.8, 4) is 0 Å². The van der Waals surface area contributed by atoms with Crippen molar-refractivity contribution in [3.05, 3.63) is 17.7 Å². The first-order chi connectivity index (χ1) is 7.84. The molecule has 16 heavy (non-hydrogen) atoms. The smallest absolute Gasteiger partial charge is 0.111 e. The second-order valence-corrected chi connectivity index (χ2v) is 5.26. The van der Waals surface area contributed by atoms with Crippen molar-refractivity contribution in [2.75, 3.05) is 6.54 Å². The van der Waals surface area contributed by atoms with E-state index in [-0.39, 0.29) is 0 Å². The molecular weight excluding hydrogens is 198 g/mol. The Morgan fingerprint density at radius 1 is 1.31 bits per heavy atom. The van der Waals surface area contributed by atoms with E-state index in [0.717, 1.165) is 6.54 Å². The molecule has 1 aromatic rings. The van der Waals surface area contributed by atoms with Gasteiger partial charge >= 0.3 is 0 Å². The summed E-state index contributed by atoms with van der Waals surface area (Å²) in [5.74, 6) is 1.96. The second-order valence-electron chi connectivity index (χ2n) is 5.26. The van der Waals surface area contributed by atoms with Crippen LogP contribution in [0.1, 0.15) is 62.5 Å². The molecule has 2 aliphatic heterocycles. The van der Waals surface area contributed by atoms with Crippen molar-refractivity contribution in [2.45, 2.75) is 57.5 Å². The molecule has 3 heteroatoms.